The summed E-state index contributed by atoms with van der Waals surface area (Å²) in [5, 5.41) is 13.4. The molecule has 0 spiro atoms. The van der Waals surface area contributed by atoms with Gasteiger partial charge in [-0.1, -0.05) is 150 Å². The number of fused-ring (bicyclic) bond motifs is 2. The topological polar surface area (TPSA) is 134 Å². The van der Waals surface area contributed by atoms with E-state index in [9.17, 15) is 29.2 Å². The monoisotopic (exact) mass is 871 g/mol. The first-order chi connectivity index (χ1) is 26.9. The third-order valence-electron chi connectivity index (χ3n) is 9.46. The largest absolute Gasteiger partial charge is 0.424 e. The minimum Gasteiger partial charge on any atom is -0.424 e. The molecule has 3 aliphatic rings. The predicted octanol–water partition coefficient (Wildman–Crippen LogP) is 11.6. The van der Waals surface area contributed by atoms with Gasteiger partial charge in [-0.3, -0.25) is 24.0 Å². The second-order valence-electron chi connectivity index (χ2n) is 19.1. The zero-order chi connectivity index (χ0) is 43.5. The van der Waals surface area contributed by atoms with E-state index >= 15 is 0 Å². The van der Waals surface area contributed by atoms with Crippen molar-refractivity contribution in [1.29, 1.82) is 5.26 Å². The zero-order valence-corrected chi connectivity index (χ0v) is 39.8. The Kier molecular flexibility index (Phi) is 15.9. The lowest BCUT2D eigenvalue weighted by molar-refractivity contribution is -0.147. The van der Waals surface area contributed by atoms with E-state index in [-0.39, 0.29) is 75.8 Å². The Morgan fingerprint density at radius 2 is 1.05 bits per heavy atom. The quantitative estimate of drug-likeness (QED) is 0.0546. The molecule has 0 saturated carbocycles. The molecule has 10 nitrogen and oxygen atoms in total. The second kappa shape index (κ2) is 19.2. The van der Waals surface area contributed by atoms with Crippen LogP contribution >= 0.6 is 47.0 Å². The average molecular weight is 872 g/mol. The van der Waals surface area contributed by atoms with Crippen LogP contribution in [0.5, 0.6) is 11.5 Å². The average Bonchev–Trinajstić information content (AvgIpc) is 3.76. The first-order valence-electron chi connectivity index (χ1n) is 20.3. The van der Waals surface area contributed by atoms with E-state index < -0.39 is 17.4 Å². The van der Waals surface area contributed by atoms with Crippen LogP contribution in [-0.2, 0) is 24.0 Å². The van der Waals surface area contributed by atoms with Gasteiger partial charge in [-0.2, -0.15) is 5.26 Å². The first-order valence-corrected chi connectivity index (χ1v) is 23.6. The molecule has 2 amide bonds. The number of carbonyl (C=O) groups excluding carboxylic acids is 5. The number of amides is 2. The molecular formula is C44H61N3O7S4. The number of esters is 2. The number of hydrogen-bond acceptors (Lipinski definition) is 12. The van der Waals surface area contributed by atoms with E-state index in [1.807, 2.05) is 27.7 Å². The van der Waals surface area contributed by atoms with Gasteiger partial charge in [0.15, 0.2) is 17.3 Å². The van der Waals surface area contributed by atoms with Crippen molar-refractivity contribution < 1.29 is 33.4 Å². The lowest BCUT2D eigenvalue weighted by Gasteiger charge is -2.27. The Hall–Kier alpha value is -2.86. The van der Waals surface area contributed by atoms with Crippen LogP contribution in [0.3, 0.4) is 0 Å². The first kappa shape index (κ1) is 47.8. The molecule has 0 aliphatic carbocycles. The Morgan fingerprint density at radius 1 is 0.672 bits per heavy atom. The van der Waals surface area contributed by atoms with E-state index in [2.05, 4.69) is 47.6 Å². The lowest BCUT2D eigenvalue weighted by Crippen LogP contribution is -2.42. The lowest BCUT2D eigenvalue weighted by atomic mass is 9.84. The fourth-order valence-corrected chi connectivity index (χ4v) is 12.7. The highest BCUT2D eigenvalue weighted by atomic mass is 32.2. The van der Waals surface area contributed by atoms with E-state index in [1.54, 1.807) is 30.8 Å². The number of ether oxygens (including phenoxy) is 2. The van der Waals surface area contributed by atoms with E-state index in [0.29, 0.717) is 41.1 Å². The van der Waals surface area contributed by atoms with E-state index in [4.69, 9.17) is 9.47 Å². The number of nitriles is 1. The molecule has 1 fully saturated rings. The maximum atomic E-state index is 14.2. The number of nitrogens with zero attached hydrogens (tertiary/aromatic N) is 3. The summed E-state index contributed by atoms with van der Waals surface area (Å²) in [7, 11) is 0. The SMILES string of the molecule is CCCCN1C(=O)C(=C2Sc3c(OC(=O)CC(C)CC(C)(C)C)c4c(c(OC(=O)CC(C)CC(C)(C)C)c3S2)SC(=C(C#N)C(=O)C(C)(C)C)S4)C(=O)N1CCCC. The smallest absolute Gasteiger partial charge is 0.311 e. The number of hydrogen-bond donors (Lipinski definition) is 0. The molecule has 58 heavy (non-hydrogen) atoms. The fourth-order valence-electron chi connectivity index (χ4n) is 7.27. The van der Waals surface area contributed by atoms with E-state index in [0.717, 1.165) is 85.6 Å². The van der Waals surface area contributed by atoms with Crippen LogP contribution in [0.15, 0.2) is 39.2 Å². The fraction of sp³-hybridized carbons (Fsp3) is 0.636. The maximum absolute atomic E-state index is 14.2. The molecule has 1 saturated heterocycles. The number of ketones is 1. The molecule has 3 heterocycles. The maximum Gasteiger partial charge on any atom is 0.311 e. The highest BCUT2D eigenvalue weighted by Crippen LogP contribution is 2.69. The van der Waals surface area contributed by atoms with Gasteiger partial charge in [0.2, 0.25) is 0 Å². The molecular weight excluding hydrogens is 811 g/mol. The molecule has 0 aromatic heterocycles. The van der Waals surface area contributed by atoms with Gasteiger partial charge in [0.1, 0.15) is 17.2 Å². The summed E-state index contributed by atoms with van der Waals surface area (Å²) >= 11 is 4.58. The van der Waals surface area contributed by atoms with Crippen LogP contribution in [0.4, 0.5) is 0 Å². The molecule has 2 atom stereocenters. The summed E-state index contributed by atoms with van der Waals surface area (Å²) in [5.74, 6) is -1.64. The molecule has 1 aromatic rings. The molecule has 3 aliphatic heterocycles. The van der Waals surface area contributed by atoms with Gasteiger partial charge in [0, 0.05) is 31.3 Å². The van der Waals surface area contributed by atoms with Crippen molar-refractivity contribution in [1.82, 2.24) is 10.0 Å². The number of allylic oxidation sites excluding steroid dienone is 1. The summed E-state index contributed by atoms with van der Waals surface area (Å²) in [4.78, 5) is 71.4. The molecule has 1 aromatic carbocycles. The van der Waals surface area contributed by atoms with Crippen molar-refractivity contribution in [2.24, 2.45) is 28.1 Å². The summed E-state index contributed by atoms with van der Waals surface area (Å²) < 4.78 is 13.4. The van der Waals surface area contributed by atoms with Crippen molar-refractivity contribution in [2.45, 2.75) is 161 Å². The molecule has 4 rings (SSSR count). The van der Waals surface area contributed by atoms with Gasteiger partial charge in [-0.15, -0.1) is 0 Å². The Balaban J connectivity index is 1.94. The van der Waals surface area contributed by atoms with Crippen LogP contribution < -0.4 is 9.47 Å². The molecule has 2 unspecified atom stereocenters. The van der Waals surface area contributed by atoms with Gasteiger partial charge in [-0.05, 0) is 48.3 Å². The Bertz CT molecular complexity index is 1820. The van der Waals surface area contributed by atoms with Crippen LogP contribution in [0.25, 0.3) is 0 Å². The third kappa shape index (κ3) is 11.7. The number of carbonyl (C=O) groups is 5. The van der Waals surface area contributed by atoms with Crippen molar-refractivity contribution in [3.8, 4) is 17.6 Å². The van der Waals surface area contributed by atoms with Crippen LogP contribution in [-0.4, -0.2) is 52.6 Å². The highest BCUT2D eigenvalue weighted by molar-refractivity contribution is 8.26. The summed E-state index contributed by atoms with van der Waals surface area (Å²) in [6, 6.07) is 2.12. The molecule has 14 heteroatoms. The normalized spacial score (nSPS) is 16.7. The number of thioether (sulfide) groups is 4. The molecule has 0 radical (unpaired) electrons. The van der Waals surface area contributed by atoms with Crippen molar-refractivity contribution >= 4 is 76.6 Å². The number of Topliss-reactive ketones (excluding diaryl/α,β-unsaturated/α-hetero) is 1. The van der Waals surface area contributed by atoms with Crippen LogP contribution in [0, 0.1) is 39.4 Å². The van der Waals surface area contributed by atoms with Gasteiger partial charge in [-0.25, -0.2) is 10.0 Å². The number of benzene rings is 1. The van der Waals surface area contributed by atoms with Gasteiger partial charge >= 0.3 is 11.9 Å². The molecule has 318 valence electrons. The predicted molar refractivity (Wildman–Crippen MR) is 234 cm³/mol. The van der Waals surface area contributed by atoms with Crippen molar-refractivity contribution in [3.05, 3.63) is 19.6 Å². The Labute approximate surface area is 362 Å². The van der Waals surface area contributed by atoms with Gasteiger partial charge in [0.05, 0.1) is 28.1 Å². The summed E-state index contributed by atoms with van der Waals surface area (Å²) in [6.45, 7) is 26.8. The van der Waals surface area contributed by atoms with Gasteiger partial charge in [0.25, 0.3) is 11.8 Å². The summed E-state index contributed by atoms with van der Waals surface area (Å²) in [5.41, 5.74) is -0.872. The molecule has 0 N–H and O–H groups in total. The Morgan fingerprint density at radius 3 is 1.38 bits per heavy atom. The number of rotatable bonds is 15. The number of unbranched alkanes of at least 4 members (excludes halogenated alkanes) is 2. The number of hydrazine groups is 1. The summed E-state index contributed by atoms with van der Waals surface area (Å²) in [6.07, 6.45) is 4.99. The second-order valence-corrected chi connectivity index (χ2v) is 23.7. The minimum absolute atomic E-state index is 0.00708. The van der Waals surface area contributed by atoms with Crippen molar-refractivity contribution in [3.63, 3.8) is 0 Å². The van der Waals surface area contributed by atoms with Crippen molar-refractivity contribution in [2.75, 3.05) is 13.1 Å². The standard InChI is InChI=1S/C44H61N3O7S4/c1-14-16-18-46-38(51)30(39(52)47(46)19-17-15-2)41-57-35-31(53-28(48)20-25(3)22-42(5,6)7)33-34(56-40(55-33)27(24-45)37(50)44(11,12)13)32(36(35)58-41)54-29(49)21-26(4)23-43(8,9)10/h25-26H,14-23H2,1-13H3. The van der Waals surface area contributed by atoms with Gasteiger partial charge < -0.3 is 9.47 Å². The minimum atomic E-state index is -0.851. The van der Waals surface area contributed by atoms with Crippen LogP contribution in [0.1, 0.15) is 141 Å². The third-order valence-corrected chi connectivity index (χ3v) is 14.7. The zero-order valence-electron chi connectivity index (χ0n) is 36.6. The van der Waals surface area contributed by atoms with Crippen LogP contribution in [0.2, 0.25) is 0 Å². The molecule has 0 bridgehead atoms. The highest BCUT2D eigenvalue weighted by Gasteiger charge is 2.47. The van der Waals surface area contributed by atoms with E-state index in [1.165, 1.54) is 0 Å².